The average Bonchev–Trinajstić information content (AvgIpc) is 2.63. The van der Waals surface area contributed by atoms with Crippen molar-refractivity contribution in [2.75, 3.05) is 18.0 Å². The van der Waals surface area contributed by atoms with Crippen LogP contribution in [0.5, 0.6) is 0 Å². The third-order valence-electron chi connectivity index (χ3n) is 4.22. The van der Waals surface area contributed by atoms with E-state index in [1.54, 1.807) is 12.4 Å². The molecule has 8 heteroatoms. The van der Waals surface area contributed by atoms with E-state index < -0.39 is 0 Å². The highest BCUT2D eigenvalue weighted by Crippen LogP contribution is 2.14. The van der Waals surface area contributed by atoms with Crippen LogP contribution in [-0.2, 0) is 0 Å². The molecule has 1 aliphatic rings. The van der Waals surface area contributed by atoms with Gasteiger partial charge in [0.15, 0.2) is 5.82 Å². The molecule has 25 heavy (non-hydrogen) atoms. The predicted molar refractivity (Wildman–Crippen MR) is 94.4 cm³/mol. The van der Waals surface area contributed by atoms with Crippen molar-refractivity contribution >= 4 is 11.8 Å². The summed E-state index contributed by atoms with van der Waals surface area (Å²) in [6.07, 6.45) is 6.53. The van der Waals surface area contributed by atoms with E-state index in [0.717, 1.165) is 25.1 Å². The molecular weight excluding hydrogens is 320 g/mol. The van der Waals surface area contributed by atoms with Crippen LogP contribution in [0.3, 0.4) is 0 Å². The fraction of sp³-hybridized carbons (Fsp3) is 0.412. The Labute approximate surface area is 145 Å². The van der Waals surface area contributed by atoms with E-state index in [2.05, 4.69) is 25.6 Å². The summed E-state index contributed by atoms with van der Waals surface area (Å²) in [4.78, 5) is 37.1. The Balaban J connectivity index is 1.56. The quantitative estimate of drug-likeness (QED) is 0.774. The van der Waals surface area contributed by atoms with Crippen molar-refractivity contribution in [1.82, 2.24) is 25.6 Å². The zero-order valence-corrected chi connectivity index (χ0v) is 14.1. The summed E-state index contributed by atoms with van der Waals surface area (Å²) in [7, 11) is 0. The normalized spacial score (nSPS) is 18.4. The third kappa shape index (κ3) is 4.34. The molecule has 1 aliphatic heterocycles. The van der Waals surface area contributed by atoms with E-state index >= 15 is 0 Å². The number of H-pyrrole nitrogens is 1. The van der Waals surface area contributed by atoms with Gasteiger partial charge in [-0.05, 0) is 31.9 Å². The molecule has 0 spiro atoms. The Hall–Kier alpha value is -2.90. The number of piperidine rings is 1. The Morgan fingerprint density at radius 3 is 3.00 bits per heavy atom. The molecule has 3 rings (SSSR count). The monoisotopic (exact) mass is 342 g/mol. The number of hydrogen-bond acceptors (Lipinski definition) is 5. The van der Waals surface area contributed by atoms with E-state index in [-0.39, 0.29) is 23.7 Å². The smallest absolute Gasteiger partial charge is 0.315 e. The van der Waals surface area contributed by atoms with Gasteiger partial charge in [0.2, 0.25) is 0 Å². The zero-order chi connectivity index (χ0) is 17.6. The van der Waals surface area contributed by atoms with Crippen LogP contribution in [0.2, 0.25) is 0 Å². The van der Waals surface area contributed by atoms with E-state index in [9.17, 15) is 9.59 Å². The second-order valence-corrected chi connectivity index (χ2v) is 6.12. The highest BCUT2D eigenvalue weighted by Gasteiger charge is 2.24. The molecule has 0 aliphatic carbocycles. The number of rotatable bonds is 4. The Bertz CT molecular complexity index is 763. The van der Waals surface area contributed by atoms with Crippen molar-refractivity contribution in [2.45, 2.75) is 31.8 Å². The van der Waals surface area contributed by atoms with Crippen LogP contribution in [0.25, 0.3) is 0 Å². The molecule has 2 aromatic heterocycles. The molecule has 0 aromatic carbocycles. The molecule has 1 saturated heterocycles. The number of urea groups is 1. The molecule has 2 amide bonds. The first-order chi connectivity index (χ1) is 12.1. The van der Waals surface area contributed by atoms with Crippen LogP contribution in [-0.4, -0.2) is 40.1 Å². The first kappa shape index (κ1) is 16.9. The van der Waals surface area contributed by atoms with Gasteiger partial charge in [0.1, 0.15) is 0 Å². The number of amides is 2. The maximum absolute atomic E-state index is 12.3. The van der Waals surface area contributed by atoms with Crippen LogP contribution in [0.1, 0.15) is 31.5 Å². The van der Waals surface area contributed by atoms with Gasteiger partial charge in [0.05, 0.1) is 11.7 Å². The molecule has 1 fully saturated rings. The van der Waals surface area contributed by atoms with Gasteiger partial charge in [-0.25, -0.2) is 9.78 Å². The van der Waals surface area contributed by atoms with Gasteiger partial charge in [0.25, 0.3) is 5.56 Å². The molecule has 2 aromatic rings. The molecule has 3 N–H and O–H groups in total. The first-order valence-corrected chi connectivity index (χ1v) is 8.40. The molecule has 132 valence electrons. The average molecular weight is 342 g/mol. The van der Waals surface area contributed by atoms with E-state index in [0.29, 0.717) is 12.4 Å². The SMILES string of the molecule is C[C@@H](NC(=O)N[C@H]1CCCN(c2ncc[nH]c2=O)C1)c1ccccn1. The van der Waals surface area contributed by atoms with Crippen LogP contribution in [0, 0.1) is 0 Å². The number of pyridine rings is 1. The molecule has 0 radical (unpaired) electrons. The molecule has 2 atom stereocenters. The van der Waals surface area contributed by atoms with Crippen molar-refractivity contribution in [3.63, 3.8) is 0 Å². The summed E-state index contributed by atoms with van der Waals surface area (Å²) in [6.45, 7) is 3.21. The van der Waals surface area contributed by atoms with Gasteiger partial charge < -0.3 is 20.5 Å². The standard InChI is InChI=1S/C17H22N6O2/c1-12(14-6-2-3-7-18-14)21-17(25)22-13-5-4-10-23(11-13)15-16(24)20-9-8-19-15/h2-3,6-9,12-13H,4-5,10-11H2,1H3,(H,20,24)(H2,21,22,25)/t12-,13+/m1/s1. The minimum absolute atomic E-state index is 0.0360. The number of nitrogens with one attached hydrogen (secondary N) is 3. The number of aromatic amines is 1. The van der Waals surface area contributed by atoms with Gasteiger partial charge in [0, 0.05) is 37.7 Å². The van der Waals surface area contributed by atoms with Crippen molar-refractivity contribution < 1.29 is 4.79 Å². The van der Waals surface area contributed by atoms with Crippen LogP contribution < -0.4 is 21.1 Å². The first-order valence-electron chi connectivity index (χ1n) is 8.40. The summed E-state index contributed by atoms with van der Waals surface area (Å²) in [5, 5.41) is 5.87. The number of carbonyl (C=O) groups excluding carboxylic acids is 1. The number of carbonyl (C=O) groups is 1. The van der Waals surface area contributed by atoms with Crippen LogP contribution in [0.4, 0.5) is 10.6 Å². The summed E-state index contributed by atoms with van der Waals surface area (Å²) >= 11 is 0. The minimum Gasteiger partial charge on any atom is -0.350 e. The number of hydrogen-bond donors (Lipinski definition) is 3. The minimum atomic E-state index is -0.236. The number of anilines is 1. The lowest BCUT2D eigenvalue weighted by Gasteiger charge is -2.33. The van der Waals surface area contributed by atoms with Crippen molar-refractivity contribution in [2.24, 2.45) is 0 Å². The Kier molecular flexibility index (Phi) is 5.27. The lowest BCUT2D eigenvalue weighted by Crippen LogP contribution is -2.51. The fourth-order valence-electron chi connectivity index (χ4n) is 2.99. The third-order valence-corrected chi connectivity index (χ3v) is 4.22. The molecule has 0 saturated carbocycles. The summed E-state index contributed by atoms with van der Waals surface area (Å²) in [5.41, 5.74) is 0.597. The van der Waals surface area contributed by atoms with Gasteiger partial charge in [-0.15, -0.1) is 0 Å². The van der Waals surface area contributed by atoms with E-state index in [4.69, 9.17) is 0 Å². The molecule has 8 nitrogen and oxygen atoms in total. The van der Waals surface area contributed by atoms with Crippen LogP contribution in [0.15, 0.2) is 41.6 Å². The zero-order valence-electron chi connectivity index (χ0n) is 14.1. The van der Waals surface area contributed by atoms with Crippen molar-refractivity contribution in [3.8, 4) is 0 Å². The topological polar surface area (TPSA) is 103 Å². The molecule has 0 unspecified atom stereocenters. The van der Waals surface area contributed by atoms with Crippen LogP contribution >= 0.6 is 0 Å². The number of nitrogens with zero attached hydrogens (tertiary/aromatic N) is 3. The van der Waals surface area contributed by atoms with Gasteiger partial charge in [-0.3, -0.25) is 9.78 Å². The lowest BCUT2D eigenvalue weighted by molar-refractivity contribution is 0.232. The molecular formula is C17H22N6O2. The van der Waals surface area contributed by atoms with E-state index in [1.165, 1.54) is 6.20 Å². The molecule has 3 heterocycles. The summed E-state index contributed by atoms with van der Waals surface area (Å²) in [5.74, 6) is 0.399. The van der Waals surface area contributed by atoms with Crippen molar-refractivity contribution in [3.05, 3.63) is 52.8 Å². The van der Waals surface area contributed by atoms with Gasteiger partial charge in [-0.1, -0.05) is 6.07 Å². The second kappa shape index (κ2) is 7.78. The maximum atomic E-state index is 12.3. The fourth-order valence-corrected chi connectivity index (χ4v) is 2.99. The number of aromatic nitrogens is 3. The van der Waals surface area contributed by atoms with Crippen molar-refractivity contribution in [1.29, 1.82) is 0 Å². The molecule has 0 bridgehead atoms. The van der Waals surface area contributed by atoms with Gasteiger partial charge in [-0.2, -0.15) is 0 Å². The Morgan fingerprint density at radius 2 is 2.24 bits per heavy atom. The summed E-state index contributed by atoms with van der Waals surface area (Å²) < 4.78 is 0. The van der Waals surface area contributed by atoms with Gasteiger partial charge >= 0.3 is 6.03 Å². The summed E-state index contributed by atoms with van der Waals surface area (Å²) in [6, 6.07) is 5.15. The largest absolute Gasteiger partial charge is 0.350 e. The van der Waals surface area contributed by atoms with E-state index in [1.807, 2.05) is 30.0 Å². The second-order valence-electron chi connectivity index (χ2n) is 6.12. The highest BCUT2D eigenvalue weighted by molar-refractivity contribution is 5.74. The highest BCUT2D eigenvalue weighted by atomic mass is 16.2. The lowest BCUT2D eigenvalue weighted by atomic mass is 10.1. The predicted octanol–water partition coefficient (Wildman–Crippen LogP) is 1.19. The Morgan fingerprint density at radius 1 is 1.36 bits per heavy atom. The maximum Gasteiger partial charge on any atom is 0.315 e.